The van der Waals surface area contributed by atoms with Crippen molar-refractivity contribution >= 4 is 18.0 Å². The summed E-state index contributed by atoms with van der Waals surface area (Å²) in [4.78, 5) is 0. The first-order valence-corrected chi connectivity index (χ1v) is 4.06. The van der Waals surface area contributed by atoms with Crippen molar-refractivity contribution in [2.45, 2.75) is 6.04 Å². The molecule has 1 unspecified atom stereocenters. The summed E-state index contributed by atoms with van der Waals surface area (Å²) in [6.07, 6.45) is 5.27. The van der Waals surface area contributed by atoms with E-state index in [4.69, 9.17) is 5.21 Å². The van der Waals surface area contributed by atoms with E-state index in [1.165, 1.54) is 6.21 Å². The van der Waals surface area contributed by atoms with Crippen LogP contribution in [0, 0.1) is 0 Å². The molecule has 1 aromatic carbocycles. The van der Waals surface area contributed by atoms with Crippen LogP contribution < -0.4 is 5.32 Å². The normalized spacial score (nSPS) is 19.8. The Morgan fingerprint density at radius 2 is 2.23 bits per heavy atom. The summed E-state index contributed by atoms with van der Waals surface area (Å²) in [6.45, 7) is 0. The molecule has 1 N–H and O–H groups in total. The molecule has 0 aromatic heterocycles. The molecule has 1 heterocycles. The van der Waals surface area contributed by atoms with E-state index in [1.54, 1.807) is 0 Å². The number of hydrogen-bond acceptors (Lipinski definition) is 2. The Kier molecular flexibility index (Phi) is 2.00. The van der Waals surface area contributed by atoms with Gasteiger partial charge >= 0.3 is 0 Å². The van der Waals surface area contributed by atoms with Crippen molar-refractivity contribution < 1.29 is 5.21 Å². The highest BCUT2D eigenvalue weighted by Crippen LogP contribution is 2.21. The summed E-state index contributed by atoms with van der Waals surface area (Å²) in [7, 11) is 0. The first-order valence-electron chi connectivity index (χ1n) is 4.06. The van der Waals surface area contributed by atoms with Crippen molar-refractivity contribution in [3.8, 4) is 0 Å². The van der Waals surface area contributed by atoms with Gasteiger partial charge < -0.3 is 5.21 Å². The molecule has 0 spiro atoms. The van der Waals surface area contributed by atoms with Gasteiger partial charge in [-0.05, 0) is 11.6 Å². The predicted octanol–water partition coefficient (Wildman–Crippen LogP) is 1.78. The summed E-state index contributed by atoms with van der Waals surface area (Å²) in [6, 6.07) is 7.71. The highest BCUT2D eigenvalue weighted by Gasteiger charge is 2.11. The van der Waals surface area contributed by atoms with Gasteiger partial charge in [-0.3, -0.25) is 5.32 Å². The molecular formula is C10H9N2O. The van der Waals surface area contributed by atoms with Gasteiger partial charge in [-0.25, -0.2) is 0 Å². The van der Waals surface area contributed by atoms with E-state index >= 15 is 0 Å². The molecule has 0 saturated heterocycles. The molecule has 3 heteroatoms. The van der Waals surface area contributed by atoms with Crippen LogP contribution in [0.25, 0.3) is 6.08 Å². The minimum absolute atomic E-state index is 0.139. The van der Waals surface area contributed by atoms with Gasteiger partial charge in [-0.15, -0.1) is 0 Å². The maximum absolute atomic E-state index is 8.34. The lowest BCUT2D eigenvalue weighted by molar-refractivity contribution is 0.320. The summed E-state index contributed by atoms with van der Waals surface area (Å²) in [5, 5.41) is 15.6. The van der Waals surface area contributed by atoms with Gasteiger partial charge in [0, 0.05) is 0 Å². The lowest BCUT2D eigenvalue weighted by Crippen LogP contribution is -2.20. The van der Waals surface area contributed by atoms with Gasteiger partial charge in [0.25, 0.3) is 0 Å². The molecule has 2 rings (SSSR count). The standard InChI is InChI=1S/C10H9N2O/c13-11-7-9-6-5-8-3-1-2-4-10(8)12-9/h1-7,9,13H/b11-7-. The van der Waals surface area contributed by atoms with Crippen LogP contribution in [0.4, 0.5) is 5.69 Å². The largest absolute Gasteiger partial charge is 0.411 e. The number of nitrogens with zero attached hydrogens (tertiary/aromatic N) is 2. The molecule has 3 nitrogen and oxygen atoms in total. The van der Waals surface area contributed by atoms with Crippen LogP contribution in [-0.4, -0.2) is 17.5 Å². The van der Waals surface area contributed by atoms with E-state index < -0.39 is 0 Å². The number of para-hydroxylation sites is 1. The van der Waals surface area contributed by atoms with Crippen molar-refractivity contribution in [3.63, 3.8) is 0 Å². The molecule has 1 atom stereocenters. The van der Waals surface area contributed by atoms with Gasteiger partial charge in [0.1, 0.15) is 6.04 Å². The van der Waals surface area contributed by atoms with Crippen LogP contribution in [0.2, 0.25) is 0 Å². The van der Waals surface area contributed by atoms with Crippen molar-refractivity contribution in [3.05, 3.63) is 35.9 Å². The molecule has 13 heavy (non-hydrogen) atoms. The molecule has 1 aliphatic rings. The second-order valence-corrected chi connectivity index (χ2v) is 2.80. The topological polar surface area (TPSA) is 46.7 Å². The maximum atomic E-state index is 8.34. The van der Waals surface area contributed by atoms with Gasteiger partial charge in [-0.2, -0.15) is 0 Å². The van der Waals surface area contributed by atoms with E-state index in [2.05, 4.69) is 10.5 Å². The summed E-state index contributed by atoms with van der Waals surface area (Å²) >= 11 is 0. The molecule has 0 amide bonds. The molecular weight excluding hydrogens is 164 g/mol. The first kappa shape index (κ1) is 7.86. The monoisotopic (exact) mass is 173 g/mol. The Balaban J connectivity index is 2.29. The molecule has 1 radical (unpaired) electrons. The fraction of sp³-hybridized carbons (Fsp3) is 0.100. The van der Waals surface area contributed by atoms with Gasteiger partial charge in [0.15, 0.2) is 0 Å². The zero-order valence-electron chi connectivity index (χ0n) is 6.96. The van der Waals surface area contributed by atoms with Gasteiger partial charge in [0.05, 0.1) is 11.9 Å². The smallest absolute Gasteiger partial charge is 0.107 e. The van der Waals surface area contributed by atoms with E-state index in [-0.39, 0.29) is 6.04 Å². The maximum Gasteiger partial charge on any atom is 0.107 e. The number of hydrogen-bond donors (Lipinski definition) is 1. The fourth-order valence-electron chi connectivity index (χ4n) is 1.30. The lowest BCUT2D eigenvalue weighted by atomic mass is 10.1. The molecule has 0 bridgehead atoms. The Bertz CT molecular complexity index is 358. The van der Waals surface area contributed by atoms with Crippen LogP contribution >= 0.6 is 0 Å². The SMILES string of the molecule is O/N=C\C1C=Cc2ccccc2[N]1. The first-order chi connectivity index (χ1) is 6.40. The minimum atomic E-state index is -0.139. The molecule has 0 saturated carbocycles. The van der Waals surface area contributed by atoms with Crippen LogP contribution in [0.5, 0.6) is 0 Å². The zero-order chi connectivity index (χ0) is 9.10. The zero-order valence-corrected chi connectivity index (χ0v) is 6.96. The quantitative estimate of drug-likeness (QED) is 0.392. The molecule has 0 fully saturated rings. The average molecular weight is 173 g/mol. The number of oxime groups is 1. The molecule has 65 valence electrons. The van der Waals surface area contributed by atoms with Crippen LogP contribution in [0.15, 0.2) is 35.5 Å². The van der Waals surface area contributed by atoms with Crippen molar-refractivity contribution in [2.24, 2.45) is 5.16 Å². The summed E-state index contributed by atoms with van der Waals surface area (Å²) < 4.78 is 0. The molecule has 0 aliphatic carbocycles. The van der Waals surface area contributed by atoms with Crippen molar-refractivity contribution in [2.75, 3.05) is 0 Å². The van der Waals surface area contributed by atoms with E-state index in [0.717, 1.165) is 11.3 Å². The summed E-state index contributed by atoms with van der Waals surface area (Å²) in [5.41, 5.74) is 2.04. The minimum Gasteiger partial charge on any atom is -0.411 e. The van der Waals surface area contributed by atoms with E-state index in [0.29, 0.717) is 0 Å². The fourth-order valence-corrected chi connectivity index (χ4v) is 1.30. The van der Waals surface area contributed by atoms with E-state index in [1.807, 2.05) is 36.4 Å². The molecule has 1 aliphatic heterocycles. The molecule has 1 aromatic rings. The van der Waals surface area contributed by atoms with E-state index in [9.17, 15) is 0 Å². The van der Waals surface area contributed by atoms with Gasteiger partial charge in [0.2, 0.25) is 0 Å². The third-order valence-corrected chi connectivity index (χ3v) is 1.92. The lowest BCUT2D eigenvalue weighted by Gasteiger charge is -2.15. The highest BCUT2D eigenvalue weighted by molar-refractivity contribution is 5.76. The van der Waals surface area contributed by atoms with Crippen LogP contribution in [0.3, 0.4) is 0 Å². The summed E-state index contributed by atoms with van der Waals surface area (Å²) in [5.74, 6) is 0. The average Bonchev–Trinajstić information content (AvgIpc) is 2.18. The Morgan fingerprint density at radius 1 is 1.38 bits per heavy atom. The van der Waals surface area contributed by atoms with Crippen molar-refractivity contribution in [1.82, 2.24) is 5.32 Å². The van der Waals surface area contributed by atoms with Crippen LogP contribution in [0.1, 0.15) is 5.56 Å². The Labute approximate surface area is 76.4 Å². The number of benzene rings is 1. The van der Waals surface area contributed by atoms with Crippen LogP contribution in [-0.2, 0) is 0 Å². The number of fused-ring (bicyclic) bond motifs is 1. The second kappa shape index (κ2) is 3.31. The Morgan fingerprint density at radius 3 is 3.08 bits per heavy atom. The second-order valence-electron chi connectivity index (χ2n) is 2.80. The number of rotatable bonds is 1. The third-order valence-electron chi connectivity index (χ3n) is 1.92. The van der Waals surface area contributed by atoms with Gasteiger partial charge in [-0.1, -0.05) is 35.5 Å². The third kappa shape index (κ3) is 1.54. The highest BCUT2D eigenvalue weighted by atomic mass is 16.4. The predicted molar refractivity (Wildman–Crippen MR) is 51.3 cm³/mol. The Hall–Kier alpha value is -1.77. The van der Waals surface area contributed by atoms with Crippen molar-refractivity contribution in [1.29, 1.82) is 0 Å².